The predicted octanol–water partition coefficient (Wildman–Crippen LogP) is 2.63. The van der Waals surface area contributed by atoms with Gasteiger partial charge in [-0.3, -0.25) is 9.59 Å². The van der Waals surface area contributed by atoms with E-state index in [-0.39, 0.29) is 18.4 Å². The van der Waals surface area contributed by atoms with Crippen molar-refractivity contribution in [1.82, 2.24) is 10.2 Å². The first-order chi connectivity index (χ1) is 11.5. The number of nitrogens with one attached hydrogen (secondary N) is 1. The quantitative estimate of drug-likeness (QED) is 0.745. The Morgan fingerprint density at radius 3 is 2.79 bits per heavy atom. The minimum atomic E-state index is -0.131. The molecule has 1 saturated heterocycles. The molecule has 5 nitrogen and oxygen atoms in total. The highest BCUT2D eigenvalue weighted by Crippen LogP contribution is 2.23. The molecule has 0 radical (unpaired) electrons. The molecule has 0 aliphatic carbocycles. The van der Waals surface area contributed by atoms with Crippen LogP contribution in [0.4, 0.5) is 0 Å². The number of rotatable bonds is 8. The van der Waals surface area contributed by atoms with Gasteiger partial charge in [-0.25, -0.2) is 0 Å². The molecule has 1 aromatic carbocycles. The van der Waals surface area contributed by atoms with E-state index in [1.165, 1.54) is 11.1 Å². The topological polar surface area (TPSA) is 58.6 Å². The smallest absolute Gasteiger partial charge is 0.257 e. The van der Waals surface area contributed by atoms with Crippen molar-refractivity contribution in [1.29, 1.82) is 0 Å². The van der Waals surface area contributed by atoms with Crippen LogP contribution in [-0.4, -0.2) is 43.0 Å². The Hall–Kier alpha value is -2.04. The number of amides is 2. The zero-order valence-electron chi connectivity index (χ0n) is 14.9. The first kappa shape index (κ1) is 18.3. The van der Waals surface area contributed by atoms with Crippen LogP contribution in [0.3, 0.4) is 0 Å². The van der Waals surface area contributed by atoms with Crippen LogP contribution in [0.15, 0.2) is 18.2 Å². The SMILES string of the molecule is Cc1cc(OCC(=O)NCCCN2CCCC2=O)ccc1C(C)C. The van der Waals surface area contributed by atoms with E-state index < -0.39 is 0 Å². The first-order valence-electron chi connectivity index (χ1n) is 8.75. The van der Waals surface area contributed by atoms with Crippen molar-refractivity contribution in [2.75, 3.05) is 26.2 Å². The molecule has 1 aromatic rings. The van der Waals surface area contributed by atoms with Crippen molar-refractivity contribution in [2.24, 2.45) is 0 Å². The maximum absolute atomic E-state index is 11.8. The van der Waals surface area contributed by atoms with Crippen LogP contribution >= 0.6 is 0 Å². The van der Waals surface area contributed by atoms with Gasteiger partial charge in [-0.15, -0.1) is 0 Å². The number of likely N-dealkylation sites (tertiary alicyclic amines) is 1. The Kier molecular flexibility index (Phi) is 6.64. The lowest BCUT2D eigenvalue weighted by molar-refractivity contribution is -0.127. The first-order valence-corrected chi connectivity index (χ1v) is 8.75. The number of hydrogen-bond donors (Lipinski definition) is 1. The Balaban J connectivity index is 1.66. The van der Waals surface area contributed by atoms with E-state index in [2.05, 4.69) is 32.2 Å². The van der Waals surface area contributed by atoms with E-state index in [4.69, 9.17) is 4.74 Å². The van der Waals surface area contributed by atoms with Gasteiger partial charge >= 0.3 is 0 Å². The third kappa shape index (κ3) is 5.25. The Morgan fingerprint density at radius 1 is 1.38 bits per heavy atom. The van der Waals surface area contributed by atoms with Crippen molar-refractivity contribution in [3.63, 3.8) is 0 Å². The van der Waals surface area contributed by atoms with E-state index in [0.717, 1.165) is 31.7 Å². The molecule has 24 heavy (non-hydrogen) atoms. The summed E-state index contributed by atoms with van der Waals surface area (Å²) >= 11 is 0. The molecular weight excluding hydrogens is 304 g/mol. The molecule has 0 unspecified atom stereocenters. The average molecular weight is 332 g/mol. The lowest BCUT2D eigenvalue weighted by Gasteiger charge is -2.15. The van der Waals surface area contributed by atoms with Crippen LogP contribution in [0, 0.1) is 6.92 Å². The fraction of sp³-hybridized carbons (Fsp3) is 0.579. The van der Waals surface area contributed by atoms with Crippen molar-refractivity contribution in [2.45, 2.75) is 46.0 Å². The summed E-state index contributed by atoms with van der Waals surface area (Å²) in [6, 6.07) is 5.94. The highest BCUT2D eigenvalue weighted by Gasteiger charge is 2.19. The second kappa shape index (κ2) is 8.71. The summed E-state index contributed by atoms with van der Waals surface area (Å²) in [6.07, 6.45) is 2.39. The van der Waals surface area contributed by atoms with E-state index in [1.807, 2.05) is 17.0 Å². The molecule has 132 valence electrons. The highest BCUT2D eigenvalue weighted by atomic mass is 16.5. The van der Waals surface area contributed by atoms with Gasteiger partial charge in [0.05, 0.1) is 0 Å². The van der Waals surface area contributed by atoms with Crippen LogP contribution in [0.1, 0.15) is 50.2 Å². The van der Waals surface area contributed by atoms with Gasteiger partial charge in [-0.05, 0) is 48.9 Å². The Bertz CT molecular complexity index is 584. The molecule has 2 amide bonds. The molecule has 0 saturated carbocycles. The summed E-state index contributed by atoms with van der Waals surface area (Å²) in [5, 5.41) is 2.83. The zero-order chi connectivity index (χ0) is 17.5. The van der Waals surface area contributed by atoms with Crippen LogP contribution in [-0.2, 0) is 9.59 Å². The maximum atomic E-state index is 11.8. The third-order valence-electron chi connectivity index (χ3n) is 4.33. The van der Waals surface area contributed by atoms with Crippen LogP contribution < -0.4 is 10.1 Å². The molecule has 0 atom stereocenters. The fourth-order valence-electron chi connectivity index (χ4n) is 3.02. The molecule has 5 heteroatoms. The van der Waals surface area contributed by atoms with Gasteiger partial charge in [-0.1, -0.05) is 19.9 Å². The summed E-state index contributed by atoms with van der Waals surface area (Å²) in [5.74, 6) is 1.29. The lowest BCUT2D eigenvalue weighted by atomic mass is 9.98. The molecule has 0 spiro atoms. The second-order valence-corrected chi connectivity index (χ2v) is 6.65. The van der Waals surface area contributed by atoms with E-state index in [1.54, 1.807) is 0 Å². The molecule has 2 rings (SSSR count). The third-order valence-corrected chi connectivity index (χ3v) is 4.33. The number of aryl methyl sites for hydroxylation is 1. The van der Waals surface area contributed by atoms with Gasteiger partial charge in [0, 0.05) is 26.1 Å². The normalized spacial score (nSPS) is 14.3. The Morgan fingerprint density at radius 2 is 2.17 bits per heavy atom. The van der Waals surface area contributed by atoms with Crippen LogP contribution in [0.25, 0.3) is 0 Å². The van der Waals surface area contributed by atoms with Crippen molar-refractivity contribution < 1.29 is 14.3 Å². The highest BCUT2D eigenvalue weighted by molar-refractivity contribution is 5.78. The van der Waals surface area contributed by atoms with Gasteiger partial charge in [0.25, 0.3) is 5.91 Å². The van der Waals surface area contributed by atoms with Crippen molar-refractivity contribution in [3.8, 4) is 5.75 Å². The summed E-state index contributed by atoms with van der Waals surface area (Å²) < 4.78 is 5.55. The molecule has 1 heterocycles. The lowest BCUT2D eigenvalue weighted by Crippen LogP contribution is -2.33. The monoisotopic (exact) mass is 332 g/mol. The maximum Gasteiger partial charge on any atom is 0.257 e. The fourth-order valence-corrected chi connectivity index (χ4v) is 3.02. The Labute approximate surface area is 144 Å². The summed E-state index contributed by atoms with van der Waals surface area (Å²) in [5.41, 5.74) is 2.47. The van der Waals surface area contributed by atoms with E-state index >= 15 is 0 Å². The van der Waals surface area contributed by atoms with Crippen LogP contribution in [0.2, 0.25) is 0 Å². The number of ether oxygens (including phenoxy) is 1. The molecule has 0 aromatic heterocycles. The molecule has 0 bridgehead atoms. The van der Waals surface area contributed by atoms with Gasteiger partial charge in [0.2, 0.25) is 5.91 Å². The minimum Gasteiger partial charge on any atom is -0.484 e. The average Bonchev–Trinajstić information content (AvgIpc) is 2.94. The van der Waals surface area contributed by atoms with Gasteiger partial charge in [0.15, 0.2) is 6.61 Å². The van der Waals surface area contributed by atoms with Gasteiger partial charge in [-0.2, -0.15) is 0 Å². The number of benzene rings is 1. The molecule has 1 N–H and O–H groups in total. The predicted molar refractivity (Wildman–Crippen MR) is 94.2 cm³/mol. The number of carbonyl (C=O) groups excluding carboxylic acids is 2. The summed E-state index contributed by atoms with van der Waals surface area (Å²) in [7, 11) is 0. The largest absolute Gasteiger partial charge is 0.484 e. The van der Waals surface area contributed by atoms with E-state index in [0.29, 0.717) is 18.9 Å². The summed E-state index contributed by atoms with van der Waals surface area (Å²) in [6.45, 7) is 8.53. The number of carbonyl (C=O) groups is 2. The standard InChI is InChI=1S/C19H28N2O3/c1-14(2)17-8-7-16(12-15(17)3)24-13-18(22)20-9-5-11-21-10-4-6-19(21)23/h7-8,12,14H,4-6,9-11,13H2,1-3H3,(H,20,22). The van der Waals surface area contributed by atoms with Crippen molar-refractivity contribution >= 4 is 11.8 Å². The van der Waals surface area contributed by atoms with Crippen LogP contribution in [0.5, 0.6) is 5.75 Å². The summed E-state index contributed by atoms with van der Waals surface area (Å²) in [4.78, 5) is 25.2. The molecular formula is C19H28N2O3. The minimum absolute atomic E-state index is 0.0170. The zero-order valence-corrected chi connectivity index (χ0v) is 14.9. The molecule has 1 fully saturated rings. The molecule has 1 aliphatic heterocycles. The van der Waals surface area contributed by atoms with Gasteiger partial charge in [0.1, 0.15) is 5.75 Å². The van der Waals surface area contributed by atoms with Crippen molar-refractivity contribution in [3.05, 3.63) is 29.3 Å². The number of hydrogen-bond acceptors (Lipinski definition) is 3. The van der Waals surface area contributed by atoms with E-state index in [9.17, 15) is 9.59 Å². The van der Waals surface area contributed by atoms with Gasteiger partial charge < -0.3 is 15.0 Å². The second-order valence-electron chi connectivity index (χ2n) is 6.65. The molecule has 1 aliphatic rings. The number of nitrogens with zero attached hydrogens (tertiary/aromatic N) is 1.